The van der Waals surface area contributed by atoms with Gasteiger partial charge in [0.15, 0.2) is 0 Å². The number of nitrogens with two attached hydrogens (primary N) is 1. The molecule has 0 heterocycles. The summed E-state index contributed by atoms with van der Waals surface area (Å²) in [6, 6.07) is 12.6. The molecule has 2 rings (SSSR count). The molecule has 0 aliphatic carbocycles. The lowest BCUT2D eigenvalue weighted by molar-refractivity contribution is 0.626. The van der Waals surface area contributed by atoms with Crippen molar-refractivity contribution in [3.05, 3.63) is 70.5 Å². The summed E-state index contributed by atoms with van der Waals surface area (Å²) >= 11 is 0. The second-order valence-corrected chi connectivity index (χ2v) is 4.76. The van der Waals surface area contributed by atoms with Crippen LogP contribution in [0.25, 0.3) is 0 Å². The van der Waals surface area contributed by atoms with Crippen LogP contribution in [0.3, 0.4) is 0 Å². The van der Waals surface area contributed by atoms with E-state index in [1.165, 1.54) is 23.3 Å². The van der Waals surface area contributed by atoms with Crippen LogP contribution >= 0.6 is 0 Å². The fraction of sp³-hybridized carbons (Fsp3) is 0.294. The molecule has 0 fully saturated rings. The highest BCUT2D eigenvalue weighted by Gasteiger charge is 2.10. The molecule has 0 aromatic heterocycles. The Hall–Kier alpha value is -1.67. The standard InChI is InChI=1S/C17H20FN/c1-3-12-5-6-15(11-13(12)4-2)17(19)14-7-9-16(18)10-8-14/h5-11,17H,3-4,19H2,1-2H3. The van der Waals surface area contributed by atoms with Crippen LogP contribution in [0.2, 0.25) is 0 Å². The SMILES string of the molecule is CCc1ccc(C(N)c2ccc(F)cc2)cc1CC. The van der Waals surface area contributed by atoms with Crippen molar-refractivity contribution in [2.45, 2.75) is 32.7 Å². The van der Waals surface area contributed by atoms with Crippen molar-refractivity contribution in [2.24, 2.45) is 5.73 Å². The predicted octanol–water partition coefficient (Wildman–Crippen LogP) is 4.00. The molecule has 1 unspecified atom stereocenters. The monoisotopic (exact) mass is 257 g/mol. The Morgan fingerprint density at radius 3 is 2.05 bits per heavy atom. The molecule has 0 saturated heterocycles. The highest BCUT2D eigenvalue weighted by atomic mass is 19.1. The molecule has 0 bridgehead atoms. The van der Waals surface area contributed by atoms with E-state index in [4.69, 9.17) is 5.73 Å². The zero-order valence-corrected chi connectivity index (χ0v) is 11.5. The molecule has 0 aliphatic rings. The molecule has 0 aliphatic heterocycles. The average molecular weight is 257 g/mol. The van der Waals surface area contributed by atoms with Crippen molar-refractivity contribution in [2.75, 3.05) is 0 Å². The summed E-state index contributed by atoms with van der Waals surface area (Å²) in [4.78, 5) is 0. The van der Waals surface area contributed by atoms with Crippen LogP contribution in [-0.4, -0.2) is 0 Å². The average Bonchev–Trinajstić information content (AvgIpc) is 2.46. The molecule has 0 radical (unpaired) electrons. The van der Waals surface area contributed by atoms with E-state index in [2.05, 4.69) is 32.0 Å². The highest BCUT2D eigenvalue weighted by Crippen LogP contribution is 2.23. The molecule has 100 valence electrons. The van der Waals surface area contributed by atoms with Crippen LogP contribution in [-0.2, 0) is 12.8 Å². The number of rotatable bonds is 4. The van der Waals surface area contributed by atoms with Gasteiger partial charge in [0.25, 0.3) is 0 Å². The quantitative estimate of drug-likeness (QED) is 0.880. The molecule has 1 nitrogen and oxygen atoms in total. The number of hydrogen-bond donors (Lipinski definition) is 1. The molecule has 0 saturated carbocycles. The Morgan fingerprint density at radius 1 is 0.895 bits per heavy atom. The summed E-state index contributed by atoms with van der Waals surface area (Å²) in [6.45, 7) is 4.32. The summed E-state index contributed by atoms with van der Waals surface area (Å²) in [5.74, 6) is -0.230. The van der Waals surface area contributed by atoms with E-state index in [1.54, 1.807) is 12.1 Å². The molecular weight excluding hydrogens is 237 g/mol. The third kappa shape index (κ3) is 3.02. The Labute approximate surface area is 114 Å². The second kappa shape index (κ2) is 5.98. The van der Waals surface area contributed by atoms with Crippen LogP contribution in [0.1, 0.15) is 42.1 Å². The lowest BCUT2D eigenvalue weighted by Crippen LogP contribution is -2.12. The van der Waals surface area contributed by atoms with Crippen molar-refractivity contribution in [3.8, 4) is 0 Å². The summed E-state index contributed by atoms with van der Waals surface area (Å²) in [6.07, 6.45) is 2.04. The Bertz CT molecular complexity index is 546. The molecule has 19 heavy (non-hydrogen) atoms. The number of halogens is 1. The topological polar surface area (TPSA) is 26.0 Å². The van der Waals surface area contributed by atoms with Crippen molar-refractivity contribution in [1.82, 2.24) is 0 Å². The molecule has 1 atom stereocenters. The van der Waals surface area contributed by atoms with Gasteiger partial charge in [0.05, 0.1) is 6.04 Å². The van der Waals surface area contributed by atoms with Gasteiger partial charge < -0.3 is 5.73 Å². The van der Waals surface area contributed by atoms with E-state index in [9.17, 15) is 4.39 Å². The van der Waals surface area contributed by atoms with E-state index in [0.29, 0.717) is 0 Å². The first-order chi connectivity index (χ1) is 9.15. The number of aryl methyl sites for hydroxylation is 2. The molecule has 0 amide bonds. The fourth-order valence-electron chi connectivity index (χ4n) is 2.38. The van der Waals surface area contributed by atoms with Crippen LogP contribution in [0, 0.1) is 5.82 Å². The highest BCUT2D eigenvalue weighted by molar-refractivity contribution is 5.38. The Morgan fingerprint density at radius 2 is 1.47 bits per heavy atom. The first kappa shape index (κ1) is 13.8. The third-order valence-electron chi connectivity index (χ3n) is 3.58. The van der Waals surface area contributed by atoms with Crippen LogP contribution in [0.5, 0.6) is 0 Å². The molecule has 2 aromatic rings. The molecule has 2 N–H and O–H groups in total. The zero-order chi connectivity index (χ0) is 13.8. The zero-order valence-electron chi connectivity index (χ0n) is 11.5. The largest absolute Gasteiger partial charge is 0.320 e. The number of hydrogen-bond acceptors (Lipinski definition) is 1. The van der Waals surface area contributed by atoms with Gasteiger partial charge >= 0.3 is 0 Å². The van der Waals surface area contributed by atoms with E-state index in [1.807, 2.05) is 0 Å². The van der Waals surface area contributed by atoms with Crippen molar-refractivity contribution < 1.29 is 4.39 Å². The first-order valence-electron chi connectivity index (χ1n) is 6.78. The summed E-state index contributed by atoms with van der Waals surface area (Å²) in [7, 11) is 0. The Balaban J connectivity index is 2.33. The summed E-state index contributed by atoms with van der Waals surface area (Å²) < 4.78 is 12.9. The van der Waals surface area contributed by atoms with Crippen LogP contribution in [0.4, 0.5) is 4.39 Å². The second-order valence-electron chi connectivity index (χ2n) is 4.76. The maximum atomic E-state index is 12.9. The van der Waals surface area contributed by atoms with Crippen molar-refractivity contribution in [1.29, 1.82) is 0 Å². The molecular formula is C17H20FN. The normalized spacial score (nSPS) is 12.4. The van der Waals surface area contributed by atoms with Crippen molar-refractivity contribution in [3.63, 3.8) is 0 Å². The first-order valence-corrected chi connectivity index (χ1v) is 6.78. The summed E-state index contributed by atoms with van der Waals surface area (Å²) in [5.41, 5.74) is 11.0. The minimum Gasteiger partial charge on any atom is -0.320 e. The van der Waals surface area contributed by atoms with Gasteiger partial charge in [-0.3, -0.25) is 0 Å². The van der Waals surface area contributed by atoms with Gasteiger partial charge in [-0.15, -0.1) is 0 Å². The molecule has 2 aromatic carbocycles. The smallest absolute Gasteiger partial charge is 0.123 e. The maximum absolute atomic E-state index is 12.9. The van der Waals surface area contributed by atoms with E-state index in [0.717, 1.165) is 24.0 Å². The minimum atomic E-state index is -0.230. The molecule has 2 heteroatoms. The fourth-order valence-corrected chi connectivity index (χ4v) is 2.38. The minimum absolute atomic E-state index is 0.197. The molecule has 0 spiro atoms. The summed E-state index contributed by atoms with van der Waals surface area (Å²) in [5, 5.41) is 0. The van der Waals surface area contributed by atoms with Gasteiger partial charge in [-0.05, 0) is 47.2 Å². The van der Waals surface area contributed by atoms with Gasteiger partial charge in [0.2, 0.25) is 0 Å². The van der Waals surface area contributed by atoms with Crippen molar-refractivity contribution >= 4 is 0 Å². The van der Waals surface area contributed by atoms with Crippen LogP contribution < -0.4 is 5.73 Å². The number of benzene rings is 2. The lowest BCUT2D eigenvalue weighted by Gasteiger charge is -2.15. The van der Waals surface area contributed by atoms with E-state index < -0.39 is 0 Å². The van der Waals surface area contributed by atoms with Gasteiger partial charge in [-0.2, -0.15) is 0 Å². The maximum Gasteiger partial charge on any atom is 0.123 e. The van der Waals surface area contributed by atoms with Gasteiger partial charge in [0, 0.05) is 0 Å². The van der Waals surface area contributed by atoms with E-state index >= 15 is 0 Å². The van der Waals surface area contributed by atoms with Gasteiger partial charge in [-0.25, -0.2) is 4.39 Å². The lowest BCUT2D eigenvalue weighted by atomic mass is 9.94. The van der Waals surface area contributed by atoms with Gasteiger partial charge in [-0.1, -0.05) is 44.2 Å². The Kier molecular flexibility index (Phi) is 4.33. The predicted molar refractivity (Wildman–Crippen MR) is 77.6 cm³/mol. The van der Waals surface area contributed by atoms with Gasteiger partial charge in [0.1, 0.15) is 5.82 Å². The third-order valence-corrected chi connectivity index (χ3v) is 3.58. The van der Waals surface area contributed by atoms with Crippen LogP contribution in [0.15, 0.2) is 42.5 Å². The van der Waals surface area contributed by atoms with E-state index in [-0.39, 0.29) is 11.9 Å².